The number of carbonyl (C=O) groups is 1. The standard InChI is InChI=1S/C26H29N3O5S/c1-17(2)35(31,32)23-10-9-18(15-22(23)33-4)25(30)29-13-11-26(12-14-29)20-16-27-28(3)24(20)19-7-5-6-8-21(19)34-26/h5-10,15-17H,11-14H2,1-4H3. The predicted molar refractivity (Wildman–Crippen MR) is 131 cm³/mol. The van der Waals surface area contributed by atoms with Gasteiger partial charge in [0.2, 0.25) is 0 Å². The van der Waals surface area contributed by atoms with Gasteiger partial charge >= 0.3 is 0 Å². The first-order chi connectivity index (χ1) is 16.7. The monoisotopic (exact) mass is 495 g/mol. The lowest BCUT2D eigenvalue weighted by Crippen LogP contribution is -2.49. The van der Waals surface area contributed by atoms with Gasteiger partial charge in [0.15, 0.2) is 9.84 Å². The van der Waals surface area contributed by atoms with Crippen LogP contribution in [0.4, 0.5) is 0 Å². The van der Waals surface area contributed by atoms with Gasteiger partial charge in [-0.3, -0.25) is 9.48 Å². The number of fused-ring (bicyclic) bond motifs is 4. The van der Waals surface area contributed by atoms with E-state index in [9.17, 15) is 13.2 Å². The highest BCUT2D eigenvalue weighted by molar-refractivity contribution is 7.92. The third kappa shape index (κ3) is 3.69. The number of aromatic nitrogens is 2. The van der Waals surface area contributed by atoms with E-state index in [1.165, 1.54) is 19.2 Å². The zero-order valence-electron chi connectivity index (χ0n) is 20.3. The molecule has 1 saturated heterocycles. The number of carbonyl (C=O) groups excluding carboxylic acids is 1. The summed E-state index contributed by atoms with van der Waals surface area (Å²) in [5.74, 6) is 0.856. The topological polar surface area (TPSA) is 90.7 Å². The van der Waals surface area contributed by atoms with Crippen LogP contribution in [-0.2, 0) is 22.5 Å². The molecule has 35 heavy (non-hydrogen) atoms. The molecule has 2 aromatic carbocycles. The molecule has 0 atom stereocenters. The van der Waals surface area contributed by atoms with Gasteiger partial charge in [-0.15, -0.1) is 0 Å². The van der Waals surface area contributed by atoms with E-state index < -0.39 is 20.7 Å². The first-order valence-electron chi connectivity index (χ1n) is 11.7. The van der Waals surface area contributed by atoms with E-state index in [-0.39, 0.29) is 16.6 Å². The molecule has 1 spiro atoms. The number of sulfone groups is 1. The maximum absolute atomic E-state index is 13.3. The number of piperidine rings is 1. The SMILES string of the molecule is COc1cc(C(=O)N2CCC3(CC2)Oc2ccccc2-c2c3cnn2C)ccc1S(=O)(=O)C(C)C. The number of aryl methyl sites for hydroxylation is 1. The van der Waals surface area contributed by atoms with Crippen LogP contribution in [0.2, 0.25) is 0 Å². The second-order valence-corrected chi connectivity index (χ2v) is 11.8. The lowest BCUT2D eigenvalue weighted by Gasteiger charge is -2.44. The van der Waals surface area contributed by atoms with Gasteiger partial charge in [0.05, 0.1) is 24.3 Å². The molecule has 9 heteroatoms. The minimum Gasteiger partial charge on any atom is -0.495 e. The molecular formula is C26H29N3O5S. The summed E-state index contributed by atoms with van der Waals surface area (Å²) < 4.78 is 39.1. The van der Waals surface area contributed by atoms with E-state index in [1.54, 1.807) is 24.8 Å². The van der Waals surface area contributed by atoms with E-state index >= 15 is 0 Å². The number of amides is 1. The Morgan fingerprint density at radius 2 is 1.86 bits per heavy atom. The zero-order valence-corrected chi connectivity index (χ0v) is 21.1. The minimum absolute atomic E-state index is 0.0996. The Morgan fingerprint density at radius 1 is 1.14 bits per heavy atom. The predicted octanol–water partition coefficient (Wildman–Crippen LogP) is 3.80. The van der Waals surface area contributed by atoms with Crippen LogP contribution in [0.1, 0.15) is 42.6 Å². The Labute approximate surface area is 205 Å². The van der Waals surface area contributed by atoms with E-state index in [2.05, 4.69) is 5.10 Å². The van der Waals surface area contributed by atoms with Crippen molar-refractivity contribution in [2.24, 2.45) is 7.05 Å². The Balaban J connectivity index is 1.39. The fraction of sp³-hybridized carbons (Fsp3) is 0.385. The normalized spacial score (nSPS) is 16.5. The summed E-state index contributed by atoms with van der Waals surface area (Å²) in [7, 11) is -0.182. The van der Waals surface area contributed by atoms with Crippen LogP contribution >= 0.6 is 0 Å². The summed E-state index contributed by atoms with van der Waals surface area (Å²) in [5.41, 5.74) is 2.99. The average Bonchev–Trinajstić information content (AvgIpc) is 3.26. The van der Waals surface area contributed by atoms with Crippen molar-refractivity contribution in [2.45, 2.75) is 42.4 Å². The van der Waals surface area contributed by atoms with Crippen LogP contribution in [0.3, 0.4) is 0 Å². The molecule has 2 aliphatic heterocycles. The van der Waals surface area contributed by atoms with Crippen molar-refractivity contribution in [1.82, 2.24) is 14.7 Å². The van der Waals surface area contributed by atoms with Gasteiger partial charge in [0.25, 0.3) is 5.91 Å². The van der Waals surface area contributed by atoms with E-state index in [4.69, 9.17) is 9.47 Å². The molecule has 0 N–H and O–H groups in total. The maximum Gasteiger partial charge on any atom is 0.253 e. The molecule has 5 rings (SSSR count). The minimum atomic E-state index is -3.53. The summed E-state index contributed by atoms with van der Waals surface area (Å²) in [6.07, 6.45) is 3.13. The van der Waals surface area contributed by atoms with Crippen molar-refractivity contribution in [3.05, 3.63) is 59.8 Å². The third-order valence-corrected chi connectivity index (χ3v) is 9.26. The Kier molecular flexibility index (Phi) is 5.62. The van der Waals surface area contributed by atoms with Gasteiger partial charge in [-0.25, -0.2) is 8.42 Å². The molecule has 0 bridgehead atoms. The second-order valence-electron chi connectivity index (χ2n) is 9.37. The fourth-order valence-electron chi connectivity index (χ4n) is 5.02. The Hall–Kier alpha value is -3.33. The van der Waals surface area contributed by atoms with E-state index in [0.717, 1.165) is 22.6 Å². The van der Waals surface area contributed by atoms with Gasteiger partial charge in [-0.05, 0) is 44.2 Å². The van der Waals surface area contributed by atoms with E-state index in [0.29, 0.717) is 31.5 Å². The first-order valence-corrected chi connectivity index (χ1v) is 13.2. The van der Waals surface area contributed by atoms with Crippen LogP contribution in [0, 0.1) is 0 Å². The van der Waals surface area contributed by atoms with Crippen LogP contribution in [0.15, 0.2) is 53.6 Å². The molecular weight excluding hydrogens is 466 g/mol. The third-order valence-electron chi connectivity index (χ3n) is 7.07. The molecule has 1 amide bonds. The number of ether oxygens (including phenoxy) is 2. The molecule has 3 aromatic rings. The molecule has 0 radical (unpaired) electrons. The fourth-order valence-corrected chi connectivity index (χ4v) is 6.21. The largest absolute Gasteiger partial charge is 0.495 e. The van der Waals surface area contributed by atoms with Crippen molar-refractivity contribution >= 4 is 15.7 Å². The molecule has 1 aromatic heterocycles. The lowest BCUT2D eigenvalue weighted by molar-refractivity contribution is -0.00173. The number of hydrogen-bond donors (Lipinski definition) is 0. The smallest absolute Gasteiger partial charge is 0.253 e. The highest BCUT2D eigenvalue weighted by atomic mass is 32.2. The molecule has 184 valence electrons. The van der Waals surface area contributed by atoms with Crippen molar-refractivity contribution in [2.75, 3.05) is 20.2 Å². The lowest BCUT2D eigenvalue weighted by atomic mass is 9.81. The van der Waals surface area contributed by atoms with Crippen LogP contribution < -0.4 is 9.47 Å². The van der Waals surface area contributed by atoms with Crippen LogP contribution in [0.25, 0.3) is 11.3 Å². The number of hydrogen-bond acceptors (Lipinski definition) is 6. The number of methoxy groups -OCH3 is 1. The highest BCUT2D eigenvalue weighted by Crippen LogP contribution is 2.49. The van der Waals surface area contributed by atoms with Gasteiger partial charge < -0.3 is 14.4 Å². The van der Waals surface area contributed by atoms with Gasteiger partial charge in [0.1, 0.15) is 22.0 Å². The van der Waals surface area contributed by atoms with Crippen LogP contribution in [-0.4, -0.2) is 54.5 Å². The number of rotatable bonds is 4. The number of para-hydroxylation sites is 1. The summed E-state index contributed by atoms with van der Waals surface area (Å²) in [4.78, 5) is 15.2. The number of likely N-dealkylation sites (tertiary alicyclic amines) is 1. The van der Waals surface area contributed by atoms with Gasteiger partial charge in [-0.1, -0.05) is 12.1 Å². The average molecular weight is 496 g/mol. The van der Waals surface area contributed by atoms with Crippen molar-refractivity contribution in [1.29, 1.82) is 0 Å². The molecule has 1 fully saturated rings. The number of nitrogens with zero attached hydrogens (tertiary/aromatic N) is 3. The molecule has 3 heterocycles. The second kappa shape index (κ2) is 8.41. The van der Waals surface area contributed by atoms with Crippen molar-refractivity contribution in [3.8, 4) is 22.8 Å². The molecule has 0 unspecified atom stereocenters. The summed E-state index contributed by atoms with van der Waals surface area (Å²) in [5, 5.41) is 3.91. The number of benzene rings is 2. The summed E-state index contributed by atoms with van der Waals surface area (Å²) in [6, 6.07) is 12.5. The Bertz CT molecular complexity index is 1400. The van der Waals surface area contributed by atoms with Crippen molar-refractivity contribution < 1.29 is 22.7 Å². The molecule has 8 nitrogen and oxygen atoms in total. The van der Waals surface area contributed by atoms with Gasteiger partial charge in [-0.2, -0.15) is 5.10 Å². The van der Waals surface area contributed by atoms with E-state index in [1.807, 2.05) is 42.2 Å². The zero-order chi connectivity index (χ0) is 25.0. The quantitative estimate of drug-likeness (QED) is 0.547. The van der Waals surface area contributed by atoms with Crippen LogP contribution in [0.5, 0.6) is 11.5 Å². The molecule has 2 aliphatic rings. The summed E-state index contributed by atoms with van der Waals surface area (Å²) >= 11 is 0. The Morgan fingerprint density at radius 3 is 2.54 bits per heavy atom. The highest BCUT2D eigenvalue weighted by Gasteiger charge is 2.46. The first kappa shape index (κ1) is 23.4. The van der Waals surface area contributed by atoms with Crippen molar-refractivity contribution in [3.63, 3.8) is 0 Å². The molecule has 0 saturated carbocycles. The van der Waals surface area contributed by atoms with Gasteiger partial charge in [0, 0.05) is 49.7 Å². The molecule has 0 aliphatic carbocycles. The maximum atomic E-state index is 13.3. The summed E-state index contributed by atoms with van der Waals surface area (Å²) in [6.45, 7) is 4.25.